The average Bonchev–Trinajstić information content (AvgIpc) is 2.50. The molecule has 7 heteroatoms. The maximum absolute atomic E-state index is 12.3. The van der Waals surface area contributed by atoms with Crippen molar-refractivity contribution in [3.8, 4) is 0 Å². The lowest BCUT2D eigenvalue weighted by Crippen LogP contribution is -2.59. The van der Waals surface area contributed by atoms with Crippen molar-refractivity contribution in [3.63, 3.8) is 0 Å². The van der Waals surface area contributed by atoms with Crippen LogP contribution in [0.3, 0.4) is 0 Å². The van der Waals surface area contributed by atoms with E-state index in [4.69, 9.17) is 9.47 Å². The lowest BCUT2D eigenvalue weighted by molar-refractivity contribution is -0.195. The average molecular weight is 337 g/mol. The third-order valence-corrected chi connectivity index (χ3v) is 3.28. The van der Waals surface area contributed by atoms with Gasteiger partial charge in [-0.05, 0) is 40.2 Å². The summed E-state index contributed by atoms with van der Waals surface area (Å²) in [5, 5.41) is 10.1. The molecule has 0 aliphatic heterocycles. The molecule has 7 nitrogen and oxygen atoms in total. The Kier molecular flexibility index (Phi) is 6.09. The molecule has 0 heterocycles. The Hall–Kier alpha value is -2.41. The SMILES string of the molecule is CC(=O)[C@](C)(C(=O)OC(C)(C)C)N(O)C(=O)OCc1ccccc1. The van der Waals surface area contributed by atoms with E-state index in [-0.39, 0.29) is 11.7 Å². The zero-order valence-corrected chi connectivity index (χ0v) is 14.5. The van der Waals surface area contributed by atoms with Crippen LogP contribution in [0.1, 0.15) is 40.2 Å². The Labute approximate surface area is 141 Å². The zero-order valence-electron chi connectivity index (χ0n) is 14.5. The van der Waals surface area contributed by atoms with Crippen molar-refractivity contribution in [1.29, 1.82) is 0 Å². The summed E-state index contributed by atoms with van der Waals surface area (Å²) in [4.78, 5) is 36.2. The molecule has 0 aliphatic rings. The molecule has 0 spiro atoms. The number of carbonyl (C=O) groups is 3. The first-order chi connectivity index (χ1) is 11.0. The zero-order chi connectivity index (χ0) is 18.5. The van der Waals surface area contributed by atoms with E-state index in [1.165, 1.54) is 0 Å². The van der Waals surface area contributed by atoms with Crippen LogP contribution in [-0.4, -0.2) is 39.3 Å². The topological polar surface area (TPSA) is 93.1 Å². The van der Waals surface area contributed by atoms with Gasteiger partial charge in [-0.3, -0.25) is 10.0 Å². The van der Waals surface area contributed by atoms with Gasteiger partial charge in [-0.25, -0.2) is 9.59 Å². The molecular weight excluding hydrogens is 314 g/mol. The van der Waals surface area contributed by atoms with Gasteiger partial charge in [0.1, 0.15) is 12.2 Å². The summed E-state index contributed by atoms with van der Waals surface area (Å²) in [5.74, 6) is -1.79. The first-order valence-electron chi connectivity index (χ1n) is 7.42. The normalized spacial score (nSPS) is 13.6. The molecule has 0 fully saturated rings. The fourth-order valence-corrected chi connectivity index (χ4v) is 1.72. The fraction of sp³-hybridized carbons (Fsp3) is 0.471. The monoisotopic (exact) mass is 337 g/mol. The Morgan fingerprint density at radius 3 is 2.08 bits per heavy atom. The minimum absolute atomic E-state index is 0.0215. The Bertz CT molecular complexity index is 607. The highest BCUT2D eigenvalue weighted by molar-refractivity contribution is 6.08. The number of ketones is 1. The van der Waals surface area contributed by atoms with Crippen molar-refractivity contribution in [1.82, 2.24) is 5.06 Å². The Morgan fingerprint density at radius 2 is 1.62 bits per heavy atom. The molecule has 1 aromatic rings. The van der Waals surface area contributed by atoms with Crippen LogP contribution in [0.25, 0.3) is 0 Å². The smallest absolute Gasteiger partial charge is 0.435 e. The number of amides is 1. The number of nitrogens with zero attached hydrogens (tertiary/aromatic N) is 1. The van der Waals surface area contributed by atoms with Gasteiger partial charge in [0.05, 0.1) is 0 Å². The highest BCUT2D eigenvalue weighted by atomic mass is 16.6. The molecule has 24 heavy (non-hydrogen) atoms. The quantitative estimate of drug-likeness (QED) is 0.384. The molecule has 1 amide bonds. The van der Waals surface area contributed by atoms with E-state index >= 15 is 0 Å². The highest BCUT2D eigenvalue weighted by Gasteiger charge is 2.50. The molecule has 0 radical (unpaired) electrons. The van der Waals surface area contributed by atoms with Crippen LogP contribution in [0.15, 0.2) is 30.3 Å². The number of carbonyl (C=O) groups excluding carboxylic acids is 3. The number of benzene rings is 1. The second-order valence-electron chi connectivity index (χ2n) is 6.48. The van der Waals surface area contributed by atoms with Gasteiger partial charge >= 0.3 is 12.1 Å². The minimum Gasteiger partial charge on any atom is -0.458 e. The van der Waals surface area contributed by atoms with Gasteiger partial charge < -0.3 is 9.47 Å². The third-order valence-electron chi connectivity index (χ3n) is 3.28. The lowest BCUT2D eigenvalue weighted by atomic mass is 9.97. The van der Waals surface area contributed by atoms with Gasteiger partial charge in [-0.15, -0.1) is 0 Å². The number of ether oxygens (including phenoxy) is 2. The molecule has 0 aliphatic carbocycles. The van der Waals surface area contributed by atoms with Gasteiger partial charge in [0.25, 0.3) is 0 Å². The van der Waals surface area contributed by atoms with E-state index < -0.39 is 29.0 Å². The molecule has 132 valence electrons. The predicted octanol–water partition coefficient (Wildman–Crippen LogP) is 2.70. The van der Waals surface area contributed by atoms with E-state index in [2.05, 4.69) is 0 Å². The highest BCUT2D eigenvalue weighted by Crippen LogP contribution is 2.22. The Balaban J connectivity index is 2.88. The van der Waals surface area contributed by atoms with E-state index in [0.29, 0.717) is 5.56 Å². The van der Waals surface area contributed by atoms with Crippen LogP contribution < -0.4 is 0 Å². The van der Waals surface area contributed by atoms with Crippen LogP contribution in [0.4, 0.5) is 4.79 Å². The minimum atomic E-state index is -2.19. The van der Waals surface area contributed by atoms with Crippen LogP contribution in [0.2, 0.25) is 0 Å². The van der Waals surface area contributed by atoms with Crippen molar-refractivity contribution in [2.24, 2.45) is 0 Å². The molecule has 1 N–H and O–H groups in total. The fourth-order valence-electron chi connectivity index (χ4n) is 1.72. The first-order valence-corrected chi connectivity index (χ1v) is 7.42. The lowest BCUT2D eigenvalue weighted by Gasteiger charge is -2.33. The number of Topliss-reactive ketones (excluding diaryl/α,β-unsaturated/α-hetero) is 1. The molecule has 0 aromatic heterocycles. The van der Waals surface area contributed by atoms with Gasteiger partial charge in [-0.2, -0.15) is 5.06 Å². The molecule has 1 atom stereocenters. The summed E-state index contributed by atoms with van der Waals surface area (Å²) in [5.41, 5.74) is -2.38. The molecule has 0 unspecified atom stereocenters. The number of esters is 1. The summed E-state index contributed by atoms with van der Waals surface area (Å²) < 4.78 is 10.1. The number of hydrogen-bond acceptors (Lipinski definition) is 6. The second-order valence-corrected chi connectivity index (χ2v) is 6.48. The molecular formula is C17H23NO6. The predicted molar refractivity (Wildman–Crippen MR) is 85.2 cm³/mol. The summed E-state index contributed by atoms with van der Waals surface area (Å²) >= 11 is 0. The van der Waals surface area contributed by atoms with Crippen molar-refractivity contribution in [2.45, 2.75) is 52.4 Å². The number of rotatable bonds is 5. The van der Waals surface area contributed by atoms with Crippen molar-refractivity contribution in [3.05, 3.63) is 35.9 Å². The van der Waals surface area contributed by atoms with E-state index in [9.17, 15) is 19.6 Å². The number of hydrogen-bond donors (Lipinski definition) is 1. The summed E-state index contributed by atoms with van der Waals surface area (Å²) in [7, 11) is 0. The van der Waals surface area contributed by atoms with Gasteiger partial charge in [0.2, 0.25) is 5.54 Å². The summed E-state index contributed by atoms with van der Waals surface area (Å²) in [6.45, 7) is 6.91. The molecule has 0 saturated heterocycles. The first kappa shape index (κ1) is 19.6. The van der Waals surface area contributed by atoms with Gasteiger partial charge in [0.15, 0.2) is 5.78 Å². The van der Waals surface area contributed by atoms with Crippen molar-refractivity contribution in [2.75, 3.05) is 0 Å². The Morgan fingerprint density at radius 1 is 1.08 bits per heavy atom. The molecule has 0 bridgehead atoms. The molecule has 1 aromatic carbocycles. The maximum Gasteiger partial charge on any atom is 0.435 e. The van der Waals surface area contributed by atoms with Crippen LogP contribution >= 0.6 is 0 Å². The largest absolute Gasteiger partial charge is 0.458 e. The van der Waals surface area contributed by atoms with Crippen molar-refractivity contribution >= 4 is 17.8 Å². The molecule has 0 saturated carbocycles. The second kappa shape index (κ2) is 7.44. The third kappa shape index (κ3) is 4.79. The van der Waals surface area contributed by atoms with E-state index in [0.717, 1.165) is 13.8 Å². The summed E-state index contributed by atoms with van der Waals surface area (Å²) in [6, 6.07) is 8.79. The van der Waals surface area contributed by atoms with Crippen LogP contribution in [0.5, 0.6) is 0 Å². The molecule has 1 rings (SSSR count). The summed E-state index contributed by atoms with van der Waals surface area (Å²) in [6.07, 6.45) is -1.22. The van der Waals surface area contributed by atoms with E-state index in [1.54, 1.807) is 51.1 Å². The van der Waals surface area contributed by atoms with Gasteiger partial charge in [0, 0.05) is 0 Å². The van der Waals surface area contributed by atoms with E-state index in [1.807, 2.05) is 0 Å². The maximum atomic E-state index is 12.3. The van der Waals surface area contributed by atoms with Crippen LogP contribution in [0, 0.1) is 0 Å². The standard InChI is InChI=1S/C17H23NO6/c1-12(19)17(5,14(20)24-16(2,3)4)18(22)15(21)23-11-13-9-7-6-8-10-13/h6-10,22H,11H2,1-5H3/t17-/m1/s1. The number of hydroxylamine groups is 2. The van der Waals surface area contributed by atoms with Gasteiger partial charge in [-0.1, -0.05) is 30.3 Å². The van der Waals surface area contributed by atoms with Crippen LogP contribution in [-0.2, 0) is 25.7 Å². The van der Waals surface area contributed by atoms with Crippen molar-refractivity contribution < 1.29 is 29.1 Å².